The van der Waals surface area contributed by atoms with E-state index in [1.807, 2.05) is 18.8 Å². The molecule has 0 saturated heterocycles. The summed E-state index contributed by atoms with van der Waals surface area (Å²) >= 11 is 2.00. The van der Waals surface area contributed by atoms with E-state index in [1.165, 1.54) is 5.57 Å². The van der Waals surface area contributed by atoms with Crippen molar-refractivity contribution in [3.05, 3.63) is 11.6 Å². The summed E-state index contributed by atoms with van der Waals surface area (Å²) in [6, 6.07) is 0.509. The van der Waals surface area contributed by atoms with Gasteiger partial charge < -0.3 is 5.32 Å². The lowest BCUT2D eigenvalue weighted by Gasteiger charge is -2.21. The summed E-state index contributed by atoms with van der Waals surface area (Å²) in [7, 11) is 2.02. The minimum atomic E-state index is 0.366. The van der Waals surface area contributed by atoms with Gasteiger partial charge in [-0.3, -0.25) is 0 Å². The number of hydrogen-bond donors (Lipinski definition) is 1. The average molecular weight is 201 g/mol. The zero-order valence-electron chi connectivity index (χ0n) is 9.77. The minimum Gasteiger partial charge on any atom is -0.313 e. The second-order valence-corrected chi connectivity index (χ2v) is 6.41. The predicted octanol–water partition coefficient (Wildman–Crippen LogP) is 3.07. The first-order chi connectivity index (χ1) is 5.85. The fourth-order valence-electron chi connectivity index (χ4n) is 0.957. The van der Waals surface area contributed by atoms with E-state index in [9.17, 15) is 0 Å². The van der Waals surface area contributed by atoms with Crippen molar-refractivity contribution < 1.29 is 0 Å². The van der Waals surface area contributed by atoms with Gasteiger partial charge in [-0.2, -0.15) is 11.8 Å². The molecule has 0 rings (SSSR count). The highest BCUT2D eigenvalue weighted by Crippen LogP contribution is 2.23. The molecule has 1 atom stereocenters. The third-order valence-electron chi connectivity index (χ3n) is 1.60. The standard InChI is InChI=1S/C11H23NS/c1-9(2)7-10(12-6)8-13-11(3,4)5/h7,10,12H,8H2,1-6H3. The maximum atomic E-state index is 3.31. The van der Waals surface area contributed by atoms with Gasteiger partial charge in [0.05, 0.1) is 0 Å². The van der Waals surface area contributed by atoms with Gasteiger partial charge in [-0.15, -0.1) is 0 Å². The molecule has 0 saturated carbocycles. The van der Waals surface area contributed by atoms with E-state index < -0.39 is 0 Å². The van der Waals surface area contributed by atoms with Crippen molar-refractivity contribution in [2.75, 3.05) is 12.8 Å². The largest absolute Gasteiger partial charge is 0.313 e. The Morgan fingerprint density at radius 3 is 2.23 bits per heavy atom. The highest BCUT2D eigenvalue weighted by Gasteiger charge is 2.12. The molecule has 0 spiro atoms. The molecular formula is C11H23NS. The van der Waals surface area contributed by atoms with E-state index in [0.717, 1.165) is 5.75 Å². The molecule has 2 heteroatoms. The van der Waals surface area contributed by atoms with Crippen LogP contribution in [0.4, 0.5) is 0 Å². The normalized spacial score (nSPS) is 14.0. The van der Waals surface area contributed by atoms with E-state index in [0.29, 0.717) is 10.8 Å². The van der Waals surface area contributed by atoms with Gasteiger partial charge in [-0.1, -0.05) is 32.4 Å². The molecule has 1 unspecified atom stereocenters. The number of rotatable bonds is 4. The zero-order valence-corrected chi connectivity index (χ0v) is 10.6. The fourth-order valence-corrected chi connectivity index (χ4v) is 1.90. The Morgan fingerprint density at radius 1 is 1.38 bits per heavy atom. The molecule has 0 aromatic carbocycles. The summed E-state index contributed by atoms with van der Waals surface area (Å²) in [6.45, 7) is 11.1. The Labute approximate surface area is 87.4 Å². The molecule has 0 aliphatic rings. The third-order valence-corrected chi connectivity index (χ3v) is 2.99. The molecule has 78 valence electrons. The molecule has 0 heterocycles. The van der Waals surface area contributed by atoms with Gasteiger partial charge in [0, 0.05) is 16.5 Å². The second-order valence-electron chi connectivity index (χ2n) is 4.56. The van der Waals surface area contributed by atoms with Crippen molar-refractivity contribution in [2.45, 2.75) is 45.4 Å². The molecular weight excluding hydrogens is 178 g/mol. The van der Waals surface area contributed by atoms with Crippen molar-refractivity contribution in [1.82, 2.24) is 5.32 Å². The maximum absolute atomic E-state index is 3.31. The lowest BCUT2D eigenvalue weighted by molar-refractivity contribution is 0.722. The summed E-state index contributed by atoms with van der Waals surface area (Å²) in [5.41, 5.74) is 1.38. The Morgan fingerprint density at radius 2 is 1.92 bits per heavy atom. The van der Waals surface area contributed by atoms with Crippen LogP contribution < -0.4 is 5.32 Å². The number of likely N-dealkylation sites (N-methyl/N-ethyl adjacent to an activating group) is 1. The highest BCUT2D eigenvalue weighted by atomic mass is 32.2. The Balaban J connectivity index is 3.94. The lowest BCUT2D eigenvalue weighted by Crippen LogP contribution is -2.27. The van der Waals surface area contributed by atoms with Crippen molar-refractivity contribution in [2.24, 2.45) is 0 Å². The summed E-state index contributed by atoms with van der Waals surface area (Å²) in [4.78, 5) is 0. The number of thioether (sulfide) groups is 1. The molecule has 0 amide bonds. The quantitative estimate of drug-likeness (QED) is 0.702. The smallest absolute Gasteiger partial charge is 0.0341 e. The molecule has 0 fully saturated rings. The number of hydrogen-bond acceptors (Lipinski definition) is 2. The SMILES string of the molecule is CNC(C=C(C)C)CSC(C)(C)C. The van der Waals surface area contributed by atoms with Crippen LogP contribution in [-0.2, 0) is 0 Å². The molecule has 1 nitrogen and oxygen atoms in total. The monoisotopic (exact) mass is 201 g/mol. The lowest BCUT2D eigenvalue weighted by atomic mass is 10.2. The zero-order chi connectivity index (χ0) is 10.5. The summed E-state index contributed by atoms with van der Waals surface area (Å²) in [6.07, 6.45) is 2.29. The van der Waals surface area contributed by atoms with Gasteiger partial charge in [0.2, 0.25) is 0 Å². The topological polar surface area (TPSA) is 12.0 Å². The molecule has 13 heavy (non-hydrogen) atoms. The summed E-state index contributed by atoms with van der Waals surface area (Å²) in [5.74, 6) is 1.14. The third kappa shape index (κ3) is 8.38. The van der Waals surface area contributed by atoms with Crippen LogP contribution in [0.3, 0.4) is 0 Å². The van der Waals surface area contributed by atoms with Crippen LogP contribution in [0.15, 0.2) is 11.6 Å². The minimum absolute atomic E-state index is 0.366. The maximum Gasteiger partial charge on any atom is 0.0341 e. The Bertz CT molecular complexity index is 163. The van der Waals surface area contributed by atoms with Crippen LogP contribution in [0, 0.1) is 0 Å². The van der Waals surface area contributed by atoms with E-state index in [-0.39, 0.29) is 0 Å². The van der Waals surface area contributed by atoms with Crippen LogP contribution in [-0.4, -0.2) is 23.6 Å². The van der Waals surface area contributed by atoms with Crippen molar-refractivity contribution >= 4 is 11.8 Å². The average Bonchev–Trinajstić information content (AvgIpc) is 1.95. The first kappa shape index (κ1) is 13.1. The van der Waals surface area contributed by atoms with Crippen molar-refractivity contribution in [1.29, 1.82) is 0 Å². The van der Waals surface area contributed by atoms with Gasteiger partial charge in [0.25, 0.3) is 0 Å². The molecule has 1 N–H and O–H groups in total. The first-order valence-electron chi connectivity index (χ1n) is 4.81. The van der Waals surface area contributed by atoms with Gasteiger partial charge >= 0.3 is 0 Å². The second kappa shape index (κ2) is 5.71. The van der Waals surface area contributed by atoms with Gasteiger partial charge in [0.15, 0.2) is 0 Å². The Kier molecular flexibility index (Phi) is 5.73. The Hall–Kier alpha value is 0.0500. The molecule has 0 radical (unpaired) electrons. The van der Waals surface area contributed by atoms with Crippen LogP contribution >= 0.6 is 11.8 Å². The van der Waals surface area contributed by atoms with Crippen molar-refractivity contribution in [3.8, 4) is 0 Å². The van der Waals surface area contributed by atoms with E-state index in [4.69, 9.17) is 0 Å². The summed E-state index contributed by atoms with van der Waals surface area (Å²) in [5, 5.41) is 3.31. The van der Waals surface area contributed by atoms with E-state index >= 15 is 0 Å². The van der Waals surface area contributed by atoms with E-state index in [2.05, 4.69) is 46.0 Å². The fraction of sp³-hybridized carbons (Fsp3) is 0.818. The van der Waals surface area contributed by atoms with Crippen LogP contribution in [0.2, 0.25) is 0 Å². The molecule has 0 aliphatic carbocycles. The van der Waals surface area contributed by atoms with Gasteiger partial charge in [-0.25, -0.2) is 0 Å². The first-order valence-corrected chi connectivity index (χ1v) is 5.80. The van der Waals surface area contributed by atoms with Crippen LogP contribution in [0.25, 0.3) is 0 Å². The predicted molar refractivity (Wildman–Crippen MR) is 64.5 cm³/mol. The molecule has 0 aromatic heterocycles. The van der Waals surface area contributed by atoms with Crippen LogP contribution in [0.1, 0.15) is 34.6 Å². The van der Waals surface area contributed by atoms with Crippen LogP contribution in [0.5, 0.6) is 0 Å². The van der Waals surface area contributed by atoms with Crippen molar-refractivity contribution in [3.63, 3.8) is 0 Å². The molecule has 0 aliphatic heterocycles. The number of allylic oxidation sites excluding steroid dienone is 1. The number of nitrogens with one attached hydrogen (secondary N) is 1. The van der Waals surface area contributed by atoms with E-state index in [1.54, 1.807) is 0 Å². The van der Waals surface area contributed by atoms with Gasteiger partial charge in [0.1, 0.15) is 0 Å². The summed E-state index contributed by atoms with van der Waals surface area (Å²) < 4.78 is 0.366. The van der Waals surface area contributed by atoms with Gasteiger partial charge in [-0.05, 0) is 20.9 Å². The molecule has 0 bridgehead atoms. The molecule has 0 aromatic rings. The highest BCUT2D eigenvalue weighted by molar-refractivity contribution is 8.00.